The molecule has 2 N–H and O–H groups in total. The lowest BCUT2D eigenvalue weighted by Crippen LogP contribution is -2.57. The van der Waals surface area contributed by atoms with Crippen LogP contribution in [-0.4, -0.2) is 40.1 Å². The molecule has 1 aliphatic carbocycles. The van der Waals surface area contributed by atoms with E-state index in [0.717, 1.165) is 19.4 Å². The lowest BCUT2D eigenvalue weighted by atomic mass is 9.78. The van der Waals surface area contributed by atoms with E-state index in [9.17, 15) is 9.59 Å². The van der Waals surface area contributed by atoms with E-state index in [2.05, 4.69) is 5.32 Å². The molecular weight excluding hydrogens is 268 g/mol. The van der Waals surface area contributed by atoms with Crippen molar-refractivity contribution in [2.45, 2.75) is 76.8 Å². The van der Waals surface area contributed by atoms with Crippen molar-refractivity contribution in [3.63, 3.8) is 0 Å². The summed E-state index contributed by atoms with van der Waals surface area (Å²) in [6.07, 6.45) is 7.74. The van der Waals surface area contributed by atoms with Crippen molar-refractivity contribution in [3.05, 3.63) is 0 Å². The van der Waals surface area contributed by atoms with E-state index in [1.165, 1.54) is 25.7 Å². The molecule has 1 aliphatic heterocycles. The molecule has 0 aromatic rings. The largest absolute Gasteiger partial charge is 0.481 e. The van der Waals surface area contributed by atoms with Crippen LogP contribution in [0.25, 0.3) is 0 Å². The van der Waals surface area contributed by atoms with Crippen molar-refractivity contribution in [1.82, 2.24) is 10.2 Å². The third-order valence-electron chi connectivity index (χ3n) is 4.91. The average molecular weight is 296 g/mol. The zero-order chi connectivity index (χ0) is 15.5. The van der Waals surface area contributed by atoms with Gasteiger partial charge in [-0.15, -0.1) is 0 Å². The van der Waals surface area contributed by atoms with Crippen molar-refractivity contribution >= 4 is 12.0 Å². The smallest absolute Gasteiger partial charge is 0.318 e. The van der Waals surface area contributed by atoms with E-state index < -0.39 is 11.5 Å². The van der Waals surface area contributed by atoms with Gasteiger partial charge in [0.1, 0.15) is 0 Å². The molecule has 1 heterocycles. The molecular formula is C16H28N2O3. The van der Waals surface area contributed by atoms with Gasteiger partial charge in [-0.05, 0) is 51.9 Å². The number of carboxylic acids is 1. The number of carbonyl (C=O) groups is 2. The summed E-state index contributed by atoms with van der Waals surface area (Å²) in [5, 5.41) is 11.8. The van der Waals surface area contributed by atoms with Crippen LogP contribution in [0.5, 0.6) is 0 Å². The van der Waals surface area contributed by atoms with Crippen LogP contribution in [0.15, 0.2) is 0 Å². The molecule has 5 nitrogen and oxygen atoms in total. The summed E-state index contributed by atoms with van der Waals surface area (Å²) in [6.45, 7) is 4.63. The molecule has 5 heteroatoms. The number of carbonyl (C=O) groups excluding carboxylic acids is 1. The molecule has 2 amide bonds. The molecule has 0 spiro atoms. The molecule has 1 saturated heterocycles. The standard InChI is InChI=1S/C16H28N2O3/c1-16(2,10-9-14(19)20)17-15(21)18-11-5-7-12-6-3-4-8-13(12)18/h12-13H,3-11H2,1-2H3,(H,17,21)(H,19,20)/t12-,13-/m1/s1. The number of rotatable bonds is 4. The van der Waals surface area contributed by atoms with Gasteiger partial charge in [-0.25, -0.2) is 4.79 Å². The summed E-state index contributed by atoms with van der Waals surface area (Å²) in [5.74, 6) is -0.150. The van der Waals surface area contributed by atoms with Gasteiger partial charge in [0.05, 0.1) is 0 Å². The molecule has 0 aromatic carbocycles. The second-order valence-electron chi connectivity index (χ2n) is 7.16. The Bertz CT molecular complexity index is 393. The van der Waals surface area contributed by atoms with Gasteiger partial charge in [0.25, 0.3) is 0 Å². The van der Waals surface area contributed by atoms with Gasteiger partial charge in [0, 0.05) is 24.5 Å². The first-order chi connectivity index (χ1) is 9.89. The lowest BCUT2D eigenvalue weighted by molar-refractivity contribution is -0.137. The van der Waals surface area contributed by atoms with Crippen LogP contribution >= 0.6 is 0 Å². The molecule has 0 aromatic heterocycles. The summed E-state index contributed by atoms with van der Waals surface area (Å²) in [5.41, 5.74) is -0.475. The first-order valence-corrected chi connectivity index (χ1v) is 8.20. The second kappa shape index (κ2) is 6.67. The van der Waals surface area contributed by atoms with Crippen LogP contribution in [0.1, 0.15) is 65.2 Å². The quantitative estimate of drug-likeness (QED) is 0.838. The Balaban J connectivity index is 1.93. The summed E-state index contributed by atoms with van der Waals surface area (Å²) in [6, 6.07) is 0.379. The number of piperidine rings is 1. The number of amides is 2. The predicted octanol–water partition coefficient (Wildman–Crippen LogP) is 2.99. The molecule has 2 aliphatic rings. The summed E-state index contributed by atoms with van der Waals surface area (Å²) in [7, 11) is 0. The number of fused-ring (bicyclic) bond motifs is 1. The highest BCUT2D eigenvalue weighted by molar-refractivity contribution is 5.75. The fraction of sp³-hybridized carbons (Fsp3) is 0.875. The topological polar surface area (TPSA) is 69.6 Å². The van der Waals surface area contributed by atoms with Gasteiger partial charge >= 0.3 is 12.0 Å². The van der Waals surface area contributed by atoms with E-state index in [1.54, 1.807) is 0 Å². The molecule has 2 atom stereocenters. The molecule has 1 saturated carbocycles. The molecule has 2 fully saturated rings. The molecule has 2 rings (SSSR count). The van der Waals surface area contributed by atoms with Gasteiger partial charge in [-0.3, -0.25) is 4.79 Å². The van der Waals surface area contributed by atoms with Crippen LogP contribution in [0.4, 0.5) is 4.79 Å². The Morgan fingerprint density at radius 3 is 2.57 bits per heavy atom. The lowest BCUT2D eigenvalue weighted by Gasteiger charge is -2.45. The highest BCUT2D eigenvalue weighted by Gasteiger charge is 2.37. The number of nitrogens with one attached hydrogen (secondary N) is 1. The monoisotopic (exact) mass is 296 g/mol. The first kappa shape index (κ1) is 16.1. The number of aliphatic carboxylic acids is 1. The van der Waals surface area contributed by atoms with Crippen LogP contribution in [0, 0.1) is 5.92 Å². The number of hydrogen-bond acceptors (Lipinski definition) is 2. The van der Waals surface area contributed by atoms with Crippen molar-refractivity contribution < 1.29 is 14.7 Å². The third kappa shape index (κ3) is 4.35. The van der Waals surface area contributed by atoms with Crippen LogP contribution in [0.3, 0.4) is 0 Å². The van der Waals surface area contributed by atoms with Crippen LogP contribution in [-0.2, 0) is 4.79 Å². The van der Waals surface area contributed by atoms with Gasteiger partial charge < -0.3 is 15.3 Å². The Labute approximate surface area is 127 Å². The van der Waals surface area contributed by atoms with Crippen LogP contribution < -0.4 is 5.32 Å². The van der Waals surface area contributed by atoms with E-state index in [0.29, 0.717) is 18.4 Å². The predicted molar refractivity (Wildman–Crippen MR) is 81.2 cm³/mol. The van der Waals surface area contributed by atoms with Crippen molar-refractivity contribution in [2.24, 2.45) is 5.92 Å². The number of likely N-dealkylation sites (tertiary alicyclic amines) is 1. The molecule has 0 radical (unpaired) electrons. The fourth-order valence-corrected chi connectivity index (χ4v) is 3.72. The summed E-state index contributed by atoms with van der Waals surface area (Å²) in [4.78, 5) is 25.3. The second-order valence-corrected chi connectivity index (χ2v) is 7.16. The van der Waals surface area contributed by atoms with Crippen LogP contribution in [0.2, 0.25) is 0 Å². The molecule has 21 heavy (non-hydrogen) atoms. The van der Waals surface area contributed by atoms with E-state index >= 15 is 0 Å². The number of hydrogen-bond donors (Lipinski definition) is 2. The average Bonchev–Trinajstić information content (AvgIpc) is 2.44. The van der Waals surface area contributed by atoms with Crippen molar-refractivity contribution in [1.29, 1.82) is 0 Å². The van der Waals surface area contributed by atoms with E-state index in [4.69, 9.17) is 5.11 Å². The van der Waals surface area contributed by atoms with E-state index in [1.807, 2.05) is 18.7 Å². The highest BCUT2D eigenvalue weighted by atomic mass is 16.4. The number of urea groups is 1. The maximum absolute atomic E-state index is 12.6. The third-order valence-corrected chi connectivity index (χ3v) is 4.91. The molecule has 0 bridgehead atoms. The Hall–Kier alpha value is -1.26. The normalized spacial score (nSPS) is 26.1. The Morgan fingerprint density at radius 2 is 1.86 bits per heavy atom. The van der Waals surface area contributed by atoms with Gasteiger partial charge in [0.15, 0.2) is 0 Å². The van der Waals surface area contributed by atoms with Crippen molar-refractivity contribution in [3.8, 4) is 0 Å². The zero-order valence-electron chi connectivity index (χ0n) is 13.2. The Kier molecular flexibility index (Phi) is 5.12. The minimum atomic E-state index is -0.817. The highest BCUT2D eigenvalue weighted by Crippen LogP contribution is 2.35. The maximum Gasteiger partial charge on any atom is 0.318 e. The van der Waals surface area contributed by atoms with Crippen molar-refractivity contribution in [2.75, 3.05) is 6.54 Å². The SMILES string of the molecule is CC(C)(CCC(=O)O)NC(=O)N1CCC[C@H]2CCCC[C@H]21. The zero-order valence-corrected chi connectivity index (χ0v) is 13.2. The minimum absolute atomic E-state index is 0.0120. The molecule has 120 valence electrons. The summed E-state index contributed by atoms with van der Waals surface area (Å²) < 4.78 is 0. The van der Waals surface area contributed by atoms with Gasteiger partial charge in [-0.1, -0.05) is 12.8 Å². The maximum atomic E-state index is 12.6. The van der Waals surface area contributed by atoms with Gasteiger partial charge in [-0.2, -0.15) is 0 Å². The number of carboxylic acid groups (broad SMARTS) is 1. The Morgan fingerprint density at radius 1 is 1.19 bits per heavy atom. The first-order valence-electron chi connectivity index (χ1n) is 8.20. The summed E-state index contributed by atoms with van der Waals surface area (Å²) >= 11 is 0. The van der Waals surface area contributed by atoms with Gasteiger partial charge in [0.2, 0.25) is 0 Å². The van der Waals surface area contributed by atoms with E-state index in [-0.39, 0.29) is 12.5 Å². The minimum Gasteiger partial charge on any atom is -0.481 e. The molecule has 0 unspecified atom stereocenters. The fourth-order valence-electron chi connectivity index (χ4n) is 3.72. The number of nitrogens with zero attached hydrogens (tertiary/aromatic N) is 1.